The molecule has 1 atom stereocenters. The number of carbonyl (C=O) groups excluding carboxylic acids is 1. The lowest BCUT2D eigenvalue weighted by molar-refractivity contribution is -0.135. The summed E-state index contributed by atoms with van der Waals surface area (Å²) in [5, 5.41) is 0. The molecular weight excluding hydrogens is 271 g/mol. The number of alkyl halides is 1. The summed E-state index contributed by atoms with van der Waals surface area (Å²) in [7, 11) is 1.37. The molecule has 4 heteroatoms. The second-order valence-electron chi connectivity index (χ2n) is 2.57. The lowest BCUT2D eigenvalue weighted by atomic mass is 10.2. The van der Waals surface area contributed by atoms with Gasteiger partial charge in [-0.1, -0.05) is 22.6 Å². The van der Waals surface area contributed by atoms with Crippen LogP contribution >= 0.6 is 22.6 Å². The Hall–Kier alpha value is -0.260. The Labute approximate surface area is 85.2 Å². The molecule has 12 heavy (non-hydrogen) atoms. The Bertz CT molecular complexity index is 200. The number of ether oxygens (including phenoxy) is 2. The van der Waals surface area contributed by atoms with Crippen molar-refractivity contribution >= 4 is 28.6 Å². The van der Waals surface area contributed by atoms with Gasteiger partial charge >= 0.3 is 5.97 Å². The van der Waals surface area contributed by atoms with Crippen molar-refractivity contribution in [2.24, 2.45) is 0 Å². The van der Waals surface area contributed by atoms with Gasteiger partial charge in [0.15, 0.2) is 0 Å². The number of rotatable bonds is 2. The lowest BCUT2D eigenvalue weighted by Crippen LogP contribution is -2.05. The van der Waals surface area contributed by atoms with Gasteiger partial charge in [0.2, 0.25) is 0 Å². The molecule has 0 spiro atoms. The summed E-state index contributed by atoms with van der Waals surface area (Å²) in [5.41, 5.74) is 0. The maximum absolute atomic E-state index is 10.8. The average Bonchev–Trinajstić information content (AvgIpc) is 2.52. The molecule has 0 aromatic heterocycles. The van der Waals surface area contributed by atoms with E-state index in [2.05, 4.69) is 27.3 Å². The number of esters is 1. The highest BCUT2D eigenvalue weighted by Crippen LogP contribution is 2.24. The van der Waals surface area contributed by atoms with Crippen LogP contribution < -0.4 is 0 Å². The second kappa shape index (κ2) is 4.69. The van der Waals surface area contributed by atoms with Gasteiger partial charge in [0.05, 0.1) is 13.2 Å². The van der Waals surface area contributed by atoms with E-state index in [0.717, 1.165) is 23.0 Å². The average molecular weight is 282 g/mol. The first-order valence-corrected chi connectivity index (χ1v) is 5.30. The predicted molar refractivity (Wildman–Crippen MR) is 53.1 cm³/mol. The van der Waals surface area contributed by atoms with Crippen LogP contribution in [0.3, 0.4) is 0 Å². The van der Waals surface area contributed by atoms with Crippen LogP contribution in [0, 0.1) is 0 Å². The molecule has 0 amide bonds. The van der Waals surface area contributed by atoms with Gasteiger partial charge in [0.1, 0.15) is 11.9 Å². The Kier molecular flexibility index (Phi) is 3.84. The van der Waals surface area contributed by atoms with E-state index in [0.29, 0.717) is 0 Å². The fraction of sp³-hybridized carbons (Fsp3) is 0.625. The van der Waals surface area contributed by atoms with Crippen molar-refractivity contribution in [1.29, 1.82) is 0 Å². The summed E-state index contributed by atoms with van der Waals surface area (Å²) in [6, 6.07) is 0. The van der Waals surface area contributed by atoms with E-state index in [-0.39, 0.29) is 12.1 Å². The molecule has 1 aliphatic rings. The second-order valence-corrected chi connectivity index (χ2v) is 3.45. The summed E-state index contributed by atoms with van der Waals surface area (Å²) in [5.74, 6) is 0.419. The van der Waals surface area contributed by atoms with Gasteiger partial charge in [-0.25, -0.2) is 4.79 Å². The molecule has 1 aliphatic heterocycles. The third-order valence-corrected chi connectivity index (χ3v) is 2.67. The van der Waals surface area contributed by atoms with Crippen molar-refractivity contribution in [1.82, 2.24) is 0 Å². The van der Waals surface area contributed by atoms with Gasteiger partial charge in [-0.2, -0.15) is 0 Å². The Morgan fingerprint density at radius 3 is 3.17 bits per heavy atom. The van der Waals surface area contributed by atoms with Crippen molar-refractivity contribution in [3.63, 3.8) is 0 Å². The maximum atomic E-state index is 10.8. The molecule has 1 rings (SSSR count). The minimum Gasteiger partial charge on any atom is -0.494 e. The minimum atomic E-state index is -0.334. The summed E-state index contributed by atoms with van der Waals surface area (Å²) in [6.07, 6.45) is 3.56. The molecular formula is C8H11IO3. The molecule has 3 nitrogen and oxygen atoms in total. The molecule has 0 N–H and O–H groups in total. The van der Waals surface area contributed by atoms with Crippen molar-refractivity contribution in [3.05, 3.63) is 11.8 Å². The first kappa shape index (κ1) is 9.83. The fourth-order valence-electron chi connectivity index (χ4n) is 1.04. The number of carbonyl (C=O) groups is 1. The standard InChI is InChI=1S/C8H11IO3/c1-11-8(10)4-6-2-3-7(5-9)12-6/h4,7H,2-3,5H2,1H3/b6-4-. The van der Waals surface area contributed by atoms with Crippen LogP contribution in [0.25, 0.3) is 0 Å². The zero-order chi connectivity index (χ0) is 8.97. The van der Waals surface area contributed by atoms with E-state index < -0.39 is 0 Å². The van der Waals surface area contributed by atoms with Crippen LogP contribution in [-0.4, -0.2) is 23.6 Å². The van der Waals surface area contributed by atoms with E-state index in [9.17, 15) is 4.79 Å². The van der Waals surface area contributed by atoms with E-state index >= 15 is 0 Å². The molecule has 0 aliphatic carbocycles. The highest BCUT2D eigenvalue weighted by atomic mass is 127. The third kappa shape index (κ3) is 2.66. The normalized spacial score (nSPS) is 25.5. The van der Waals surface area contributed by atoms with Gasteiger partial charge in [-0.05, 0) is 6.42 Å². The highest BCUT2D eigenvalue weighted by molar-refractivity contribution is 14.1. The zero-order valence-electron chi connectivity index (χ0n) is 6.88. The number of hydrogen-bond acceptors (Lipinski definition) is 3. The third-order valence-electron chi connectivity index (χ3n) is 1.68. The van der Waals surface area contributed by atoms with Gasteiger partial charge in [-0.15, -0.1) is 0 Å². The van der Waals surface area contributed by atoms with E-state index in [4.69, 9.17) is 4.74 Å². The van der Waals surface area contributed by atoms with Gasteiger partial charge in [0.25, 0.3) is 0 Å². The van der Waals surface area contributed by atoms with Crippen LogP contribution in [0.15, 0.2) is 11.8 Å². The van der Waals surface area contributed by atoms with E-state index in [1.165, 1.54) is 13.2 Å². The van der Waals surface area contributed by atoms with Gasteiger partial charge in [0, 0.05) is 10.8 Å². The SMILES string of the molecule is COC(=O)/C=C1/CCC(CI)O1. The first-order chi connectivity index (χ1) is 5.76. The van der Waals surface area contributed by atoms with Crippen LogP contribution in [-0.2, 0) is 14.3 Å². The van der Waals surface area contributed by atoms with Gasteiger partial charge in [-0.3, -0.25) is 0 Å². The molecule has 1 heterocycles. The molecule has 0 aromatic carbocycles. The van der Waals surface area contributed by atoms with Crippen molar-refractivity contribution < 1.29 is 14.3 Å². The number of halogens is 1. The summed E-state index contributed by atoms with van der Waals surface area (Å²) >= 11 is 2.27. The monoisotopic (exact) mass is 282 g/mol. The maximum Gasteiger partial charge on any atom is 0.333 e. The number of allylic oxidation sites excluding steroid dienone is 1. The lowest BCUT2D eigenvalue weighted by Gasteiger charge is -2.05. The summed E-state index contributed by atoms with van der Waals surface area (Å²) in [6.45, 7) is 0. The van der Waals surface area contributed by atoms with E-state index in [1.807, 2.05) is 0 Å². The van der Waals surface area contributed by atoms with Crippen molar-refractivity contribution in [3.8, 4) is 0 Å². The van der Waals surface area contributed by atoms with Gasteiger partial charge < -0.3 is 9.47 Å². The molecule has 1 fully saturated rings. The quantitative estimate of drug-likeness (QED) is 0.334. The van der Waals surface area contributed by atoms with Crippen LogP contribution in [0.4, 0.5) is 0 Å². The zero-order valence-corrected chi connectivity index (χ0v) is 9.04. The Morgan fingerprint density at radius 1 is 1.92 bits per heavy atom. The molecule has 0 bridgehead atoms. The van der Waals surface area contributed by atoms with E-state index in [1.54, 1.807) is 0 Å². The summed E-state index contributed by atoms with van der Waals surface area (Å²) in [4.78, 5) is 10.8. The van der Waals surface area contributed by atoms with Crippen molar-refractivity contribution in [2.45, 2.75) is 18.9 Å². The summed E-state index contributed by atoms with van der Waals surface area (Å²) < 4.78 is 10.9. The van der Waals surface area contributed by atoms with Crippen LogP contribution in [0.2, 0.25) is 0 Å². The Balaban J connectivity index is 2.45. The fourth-order valence-corrected chi connectivity index (χ4v) is 1.66. The predicted octanol–water partition coefficient (Wildman–Crippen LogP) is 1.66. The first-order valence-electron chi connectivity index (χ1n) is 3.77. The minimum absolute atomic E-state index is 0.279. The molecule has 1 saturated heterocycles. The topological polar surface area (TPSA) is 35.5 Å². The molecule has 0 aromatic rings. The van der Waals surface area contributed by atoms with Crippen molar-refractivity contribution in [2.75, 3.05) is 11.5 Å². The highest BCUT2D eigenvalue weighted by Gasteiger charge is 2.19. The largest absolute Gasteiger partial charge is 0.494 e. The van der Waals surface area contributed by atoms with Crippen LogP contribution in [0.1, 0.15) is 12.8 Å². The van der Waals surface area contributed by atoms with Crippen LogP contribution in [0.5, 0.6) is 0 Å². The number of methoxy groups -OCH3 is 1. The Morgan fingerprint density at radius 2 is 2.67 bits per heavy atom. The number of hydrogen-bond donors (Lipinski definition) is 0. The molecule has 68 valence electrons. The molecule has 1 unspecified atom stereocenters. The molecule has 0 saturated carbocycles. The smallest absolute Gasteiger partial charge is 0.333 e. The molecule has 0 radical (unpaired) electrons.